The fourth-order valence-corrected chi connectivity index (χ4v) is 1.46. The number of H-pyrrole nitrogens is 1. The van der Waals surface area contributed by atoms with Gasteiger partial charge in [-0.2, -0.15) is 0 Å². The third kappa shape index (κ3) is 1.25. The van der Waals surface area contributed by atoms with Crippen LogP contribution in [0.4, 0.5) is 5.95 Å². The van der Waals surface area contributed by atoms with Gasteiger partial charge in [0, 0.05) is 12.1 Å². The summed E-state index contributed by atoms with van der Waals surface area (Å²) in [6.45, 7) is 1.96. The summed E-state index contributed by atoms with van der Waals surface area (Å²) in [5.74, 6) is 0.764. The van der Waals surface area contributed by atoms with Crippen molar-refractivity contribution in [3.63, 3.8) is 0 Å². The highest BCUT2D eigenvalue weighted by atomic mass is 35.5. The second kappa shape index (κ2) is 2.92. The second-order valence-electron chi connectivity index (χ2n) is 2.90. The summed E-state index contributed by atoms with van der Waals surface area (Å²) in [4.78, 5) is 7.47. The van der Waals surface area contributed by atoms with E-state index in [4.69, 9.17) is 11.6 Å². The highest BCUT2D eigenvalue weighted by Crippen LogP contribution is 2.24. The summed E-state index contributed by atoms with van der Waals surface area (Å²) in [5.41, 5.74) is 2.94. The van der Waals surface area contributed by atoms with E-state index in [1.54, 1.807) is 0 Å². The van der Waals surface area contributed by atoms with E-state index in [9.17, 15) is 0 Å². The topological polar surface area (TPSA) is 40.7 Å². The molecule has 0 unspecified atom stereocenters. The van der Waals surface area contributed by atoms with E-state index in [-0.39, 0.29) is 0 Å². The molecule has 13 heavy (non-hydrogen) atoms. The van der Waals surface area contributed by atoms with E-state index < -0.39 is 0 Å². The average molecular weight is 196 g/mol. The van der Waals surface area contributed by atoms with Crippen molar-refractivity contribution >= 4 is 28.6 Å². The molecule has 1 aromatic heterocycles. The summed E-state index contributed by atoms with van der Waals surface area (Å²) in [6.07, 6.45) is 0. The van der Waals surface area contributed by atoms with Crippen LogP contribution in [0.25, 0.3) is 11.0 Å². The maximum atomic E-state index is 5.97. The lowest BCUT2D eigenvalue weighted by Crippen LogP contribution is -1.88. The molecule has 0 atom stereocenters. The van der Waals surface area contributed by atoms with E-state index in [0.29, 0.717) is 0 Å². The van der Waals surface area contributed by atoms with Crippen LogP contribution < -0.4 is 5.32 Å². The van der Waals surface area contributed by atoms with Crippen molar-refractivity contribution in [1.82, 2.24) is 9.97 Å². The van der Waals surface area contributed by atoms with Crippen molar-refractivity contribution in [2.75, 3.05) is 12.4 Å². The number of aromatic nitrogens is 2. The Bertz CT molecular complexity index is 447. The zero-order valence-electron chi connectivity index (χ0n) is 7.48. The summed E-state index contributed by atoms with van der Waals surface area (Å²) in [7, 11) is 1.83. The predicted octanol–water partition coefficient (Wildman–Crippen LogP) is 2.57. The first-order valence-electron chi connectivity index (χ1n) is 4.05. The molecule has 0 fully saturated rings. The number of nitrogens with zero attached hydrogens (tertiary/aromatic N) is 1. The highest BCUT2D eigenvalue weighted by Gasteiger charge is 2.05. The van der Waals surface area contributed by atoms with Crippen LogP contribution in [0.3, 0.4) is 0 Å². The molecule has 2 rings (SSSR count). The number of imidazole rings is 1. The fourth-order valence-electron chi connectivity index (χ4n) is 1.31. The third-order valence-electron chi connectivity index (χ3n) is 2.08. The van der Waals surface area contributed by atoms with Gasteiger partial charge in [0.25, 0.3) is 0 Å². The van der Waals surface area contributed by atoms with E-state index in [1.807, 2.05) is 26.1 Å². The lowest BCUT2D eigenvalue weighted by molar-refractivity contribution is 1.28. The summed E-state index contributed by atoms with van der Waals surface area (Å²) >= 11 is 5.97. The number of hydrogen-bond acceptors (Lipinski definition) is 2. The van der Waals surface area contributed by atoms with E-state index in [1.165, 1.54) is 0 Å². The van der Waals surface area contributed by atoms with Gasteiger partial charge in [0.15, 0.2) is 0 Å². The standard InChI is InChI=1S/C9H10ClN3/c1-5-6(10)3-4-7-8(5)13-9(11-2)12-7/h3-4H,1-2H3,(H2,11,12,13). The first-order valence-corrected chi connectivity index (χ1v) is 4.42. The SMILES string of the molecule is CNc1nc2c(C)c(Cl)ccc2[nH]1. The Balaban J connectivity index is 2.76. The first kappa shape index (κ1) is 8.38. The number of nitrogens with one attached hydrogen (secondary N) is 2. The van der Waals surface area contributed by atoms with Crippen LogP contribution in [-0.4, -0.2) is 17.0 Å². The largest absolute Gasteiger partial charge is 0.359 e. The van der Waals surface area contributed by atoms with Gasteiger partial charge in [-0.15, -0.1) is 0 Å². The van der Waals surface area contributed by atoms with Gasteiger partial charge < -0.3 is 10.3 Å². The van der Waals surface area contributed by atoms with Crippen LogP contribution in [-0.2, 0) is 0 Å². The van der Waals surface area contributed by atoms with Gasteiger partial charge in [-0.1, -0.05) is 11.6 Å². The number of fused-ring (bicyclic) bond motifs is 1. The zero-order chi connectivity index (χ0) is 9.42. The van der Waals surface area contributed by atoms with Crippen LogP contribution in [0, 0.1) is 6.92 Å². The number of anilines is 1. The van der Waals surface area contributed by atoms with Gasteiger partial charge in [-0.3, -0.25) is 0 Å². The molecular formula is C9H10ClN3. The van der Waals surface area contributed by atoms with Crippen molar-refractivity contribution < 1.29 is 0 Å². The van der Waals surface area contributed by atoms with Crippen molar-refractivity contribution in [3.8, 4) is 0 Å². The average Bonchev–Trinajstić information content (AvgIpc) is 2.55. The zero-order valence-corrected chi connectivity index (χ0v) is 8.24. The third-order valence-corrected chi connectivity index (χ3v) is 2.49. The van der Waals surface area contributed by atoms with Gasteiger partial charge in [-0.05, 0) is 24.6 Å². The maximum Gasteiger partial charge on any atom is 0.200 e. The molecule has 2 N–H and O–H groups in total. The van der Waals surface area contributed by atoms with E-state index in [0.717, 1.165) is 27.6 Å². The number of aryl methyl sites for hydroxylation is 1. The Morgan fingerprint density at radius 1 is 1.46 bits per heavy atom. The van der Waals surface area contributed by atoms with Crippen molar-refractivity contribution in [1.29, 1.82) is 0 Å². The molecule has 1 heterocycles. The van der Waals surface area contributed by atoms with Crippen molar-refractivity contribution in [2.24, 2.45) is 0 Å². The number of benzene rings is 1. The van der Waals surface area contributed by atoms with Gasteiger partial charge in [0.2, 0.25) is 5.95 Å². The molecule has 0 bridgehead atoms. The number of aromatic amines is 1. The number of halogens is 1. The summed E-state index contributed by atoms with van der Waals surface area (Å²) < 4.78 is 0. The molecule has 0 aliphatic heterocycles. The Morgan fingerprint density at radius 2 is 2.23 bits per heavy atom. The van der Waals surface area contributed by atoms with Gasteiger partial charge in [-0.25, -0.2) is 4.98 Å². The van der Waals surface area contributed by atoms with E-state index in [2.05, 4.69) is 15.3 Å². The molecule has 0 aliphatic carbocycles. The van der Waals surface area contributed by atoms with Crippen molar-refractivity contribution in [3.05, 3.63) is 22.7 Å². The minimum absolute atomic E-state index is 0.752. The lowest BCUT2D eigenvalue weighted by Gasteiger charge is -1.95. The second-order valence-corrected chi connectivity index (χ2v) is 3.31. The van der Waals surface area contributed by atoms with Crippen molar-refractivity contribution in [2.45, 2.75) is 6.92 Å². The van der Waals surface area contributed by atoms with Gasteiger partial charge in [0.05, 0.1) is 11.0 Å². The first-order chi connectivity index (χ1) is 6.22. The van der Waals surface area contributed by atoms with Gasteiger partial charge >= 0.3 is 0 Å². The highest BCUT2D eigenvalue weighted by molar-refractivity contribution is 6.32. The molecule has 3 nitrogen and oxygen atoms in total. The normalized spacial score (nSPS) is 10.7. The smallest absolute Gasteiger partial charge is 0.200 e. The molecular weight excluding hydrogens is 186 g/mol. The van der Waals surface area contributed by atoms with Crippen LogP contribution >= 0.6 is 11.6 Å². The van der Waals surface area contributed by atoms with Crippen LogP contribution in [0.15, 0.2) is 12.1 Å². The predicted molar refractivity (Wildman–Crippen MR) is 55.4 cm³/mol. The maximum absolute atomic E-state index is 5.97. The molecule has 0 saturated heterocycles. The number of rotatable bonds is 1. The minimum Gasteiger partial charge on any atom is -0.359 e. The quantitative estimate of drug-likeness (QED) is 0.735. The Labute approximate surface area is 81.1 Å². The van der Waals surface area contributed by atoms with Crippen LogP contribution in [0.2, 0.25) is 5.02 Å². The molecule has 2 aromatic rings. The molecule has 68 valence electrons. The lowest BCUT2D eigenvalue weighted by atomic mass is 10.2. The number of hydrogen-bond donors (Lipinski definition) is 2. The van der Waals surface area contributed by atoms with E-state index >= 15 is 0 Å². The summed E-state index contributed by atoms with van der Waals surface area (Å²) in [5, 5.41) is 3.70. The minimum atomic E-state index is 0.752. The molecule has 0 spiro atoms. The molecule has 4 heteroatoms. The summed E-state index contributed by atoms with van der Waals surface area (Å²) in [6, 6.07) is 3.80. The molecule has 0 aliphatic rings. The molecule has 1 aromatic carbocycles. The van der Waals surface area contributed by atoms with Crippen LogP contribution in [0.5, 0.6) is 0 Å². The Kier molecular flexibility index (Phi) is 1.88. The monoisotopic (exact) mass is 195 g/mol. The fraction of sp³-hybridized carbons (Fsp3) is 0.222. The molecule has 0 amide bonds. The Hall–Kier alpha value is -1.22. The van der Waals surface area contributed by atoms with Gasteiger partial charge in [0.1, 0.15) is 0 Å². The molecule has 0 radical (unpaired) electrons. The van der Waals surface area contributed by atoms with Crippen LogP contribution in [0.1, 0.15) is 5.56 Å². The Morgan fingerprint density at radius 3 is 2.92 bits per heavy atom. The molecule has 0 saturated carbocycles.